The summed E-state index contributed by atoms with van der Waals surface area (Å²) < 4.78 is 2.29. The number of fused-ring (bicyclic) bond motifs is 1. The fraction of sp³-hybridized carbons (Fsp3) is 0.442. The Morgan fingerprint density at radius 3 is 1.53 bits per heavy atom. The van der Waals surface area contributed by atoms with Crippen LogP contribution in [0.3, 0.4) is 0 Å². The molecule has 0 radical (unpaired) electrons. The fourth-order valence-corrected chi connectivity index (χ4v) is 7.68. The lowest BCUT2D eigenvalue weighted by molar-refractivity contribution is 0.753. The van der Waals surface area contributed by atoms with Crippen LogP contribution in [0.15, 0.2) is 102 Å². The van der Waals surface area contributed by atoms with Crippen LogP contribution >= 0.6 is 45.6 Å². The van der Waals surface area contributed by atoms with Crippen LogP contribution in [0.25, 0.3) is 10.1 Å². The fourth-order valence-electron chi connectivity index (χ4n) is 4.67. The van der Waals surface area contributed by atoms with E-state index >= 15 is 0 Å². The highest BCUT2D eigenvalue weighted by Crippen LogP contribution is 2.30. The molecule has 6 rings (SSSR count). The predicted molar refractivity (Wildman–Crippen MR) is 220 cm³/mol. The summed E-state index contributed by atoms with van der Waals surface area (Å²) in [5.74, 6) is 3.44. The Labute approximate surface area is 305 Å². The molecule has 3 aromatic heterocycles. The van der Waals surface area contributed by atoms with E-state index in [4.69, 9.17) is 11.6 Å². The van der Waals surface area contributed by atoms with Gasteiger partial charge in [-0.2, -0.15) is 0 Å². The van der Waals surface area contributed by atoms with Crippen molar-refractivity contribution in [3.05, 3.63) is 126 Å². The molecule has 0 atom stereocenters. The average molecular weight is 708 g/mol. The van der Waals surface area contributed by atoms with E-state index in [0.29, 0.717) is 17.8 Å². The molecule has 4 aromatic rings. The SMILES string of the molecule is CC(C)C1=CC=CC1.CC(C)c1cc2ccccc2s1.CC(C)c1ccc(Cl)s1.CC1=CCC(C(C)C)=C1.Cc1ccc(C(C)C)s1. The molecule has 1 aromatic carbocycles. The Bertz CT molecular complexity index is 1520. The first-order valence-corrected chi connectivity index (χ1v) is 20.0. The van der Waals surface area contributed by atoms with Gasteiger partial charge in [-0.05, 0) is 98.1 Å². The molecule has 0 aliphatic heterocycles. The second-order valence-corrected chi connectivity index (χ2v) is 18.0. The zero-order valence-electron chi connectivity index (χ0n) is 31.0. The molecule has 0 saturated heterocycles. The monoisotopic (exact) mass is 706 g/mol. The zero-order chi connectivity index (χ0) is 35.1. The summed E-state index contributed by atoms with van der Waals surface area (Å²) in [6, 6.07) is 19.3. The molecule has 0 N–H and O–H groups in total. The second-order valence-electron chi connectivity index (χ2n) is 13.8. The molecule has 0 saturated carbocycles. The van der Waals surface area contributed by atoms with Crippen molar-refractivity contribution >= 4 is 55.7 Å². The third-order valence-electron chi connectivity index (χ3n) is 7.86. The minimum atomic E-state index is 0.613. The van der Waals surface area contributed by atoms with Gasteiger partial charge < -0.3 is 0 Å². The van der Waals surface area contributed by atoms with Gasteiger partial charge in [0.05, 0.1) is 4.34 Å². The minimum absolute atomic E-state index is 0.613. The molecular weight excluding hydrogens is 648 g/mol. The van der Waals surface area contributed by atoms with E-state index in [1.807, 2.05) is 28.7 Å². The molecular formula is C43H59ClS3. The van der Waals surface area contributed by atoms with Gasteiger partial charge in [0.25, 0.3) is 0 Å². The number of thiophene rings is 3. The van der Waals surface area contributed by atoms with E-state index in [0.717, 1.165) is 16.2 Å². The second kappa shape index (κ2) is 21.0. The van der Waals surface area contributed by atoms with Crippen LogP contribution < -0.4 is 0 Å². The van der Waals surface area contributed by atoms with E-state index in [2.05, 4.69) is 162 Å². The largest absolute Gasteiger partial charge is 0.145 e. The van der Waals surface area contributed by atoms with Gasteiger partial charge in [-0.25, -0.2) is 0 Å². The third-order valence-corrected chi connectivity index (χ3v) is 12.1. The molecule has 47 heavy (non-hydrogen) atoms. The normalized spacial score (nSPS) is 13.4. The van der Waals surface area contributed by atoms with E-state index in [-0.39, 0.29) is 0 Å². The van der Waals surface area contributed by atoms with Gasteiger partial charge in [0.1, 0.15) is 0 Å². The first kappa shape index (κ1) is 41.0. The highest BCUT2D eigenvalue weighted by Gasteiger charge is 2.06. The van der Waals surface area contributed by atoms with Crippen molar-refractivity contribution in [2.75, 3.05) is 0 Å². The van der Waals surface area contributed by atoms with Crippen molar-refractivity contribution in [2.24, 2.45) is 11.8 Å². The van der Waals surface area contributed by atoms with Crippen LogP contribution in [0.4, 0.5) is 0 Å². The summed E-state index contributed by atoms with van der Waals surface area (Å²) >= 11 is 11.2. The number of hydrogen-bond donors (Lipinski definition) is 0. The average Bonchev–Trinajstić information content (AvgIpc) is 3.85. The Morgan fingerprint density at radius 2 is 1.19 bits per heavy atom. The lowest BCUT2D eigenvalue weighted by Gasteiger charge is -2.02. The van der Waals surface area contributed by atoms with Crippen molar-refractivity contribution in [2.45, 2.75) is 114 Å². The number of allylic oxidation sites excluding steroid dienone is 8. The lowest BCUT2D eigenvalue weighted by atomic mass is 10.0. The molecule has 2 aliphatic carbocycles. The number of hydrogen-bond acceptors (Lipinski definition) is 3. The van der Waals surface area contributed by atoms with E-state index < -0.39 is 0 Å². The van der Waals surface area contributed by atoms with Gasteiger partial charge in [0.2, 0.25) is 0 Å². The summed E-state index contributed by atoms with van der Waals surface area (Å²) in [5.41, 5.74) is 4.57. The summed E-state index contributed by atoms with van der Waals surface area (Å²) in [6.07, 6.45) is 13.5. The van der Waals surface area contributed by atoms with Crippen LogP contribution in [-0.2, 0) is 0 Å². The maximum atomic E-state index is 5.72. The third kappa shape index (κ3) is 15.3. The van der Waals surface area contributed by atoms with Gasteiger partial charge in [0.15, 0.2) is 0 Å². The predicted octanol–water partition coefficient (Wildman–Crippen LogP) is 16.2. The smallest absolute Gasteiger partial charge is 0.0931 e. The van der Waals surface area contributed by atoms with Crippen molar-refractivity contribution in [3.63, 3.8) is 0 Å². The molecule has 2 aliphatic rings. The Balaban J connectivity index is 0.000000206. The molecule has 3 heterocycles. The van der Waals surface area contributed by atoms with E-state index in [9.17, 15) is 0 Å². The highest BCUT2D eigenvalue weighted by atomic mass is 35.5. The van der Waals surface area contributed by atoms with Crippen molar-refractivity contribution in [3.8, 4) is 0 Å². The van der Waals surface area contributed by atoms with Gasteiger partial charge in [-0.1, -0.05) is 146 Å². The maximum Gasteiger partial charge on any atom is 0.0931 e. The van der Waals surface area contributed by atoms with Crippen LogP contribution in [0.5, 0.6) is 0 Å². The quantitative estimate of drug-likeness (QED) is 0.194. The van der Waals surface area contributed by atoms with Gasteiger partial charge >= 0.3 is 0 Å². The first-order valence-electron chi connectivity index (χ1n) is 17.2. The van der Waals surface area contributed by atoms with Crippen LogP contribution in [0.2, 0.25) is 4.34 Å². The van der Waals surface area contributed by atoms with Crippen molar-refractivity contribution in [1.29, 1.82) is 0 Å². The molecule has 0 bridgehead atoms. The molecule has 0 amide bonds. The van der Waals surface area contributed by atoms with E-state index in [1.165, 1.54) is 48.0 Å². The van der Waals surface area contributed by atoms with Gasteiger partial charge in [-0.15, -0.1) is 34.0 Å². The Hall–Kier alpha value is -2.17. The Morgan fingerprint density at radius 1 is 0.596 bits per heavy atom. The molecule has 0 unspecified atom stereocenters. The molecule has 0 fully saturated rings. The van der Waals surface area contributed by atoms with Gasteiger partial charge in [0, 0.05) is 24.2 Å². The summed E-state index contributed by atoms with van der Waals surface area (Å²) in [7, 11) is 0. The lowest BCUT2D eigenvalue weighted by Crippen LogP contribution is -1.88. The topological polar surface area (TPSA) is 0 Å². The van der Waals surface area contributed by atoms with Crippen molar-refractivity contribution < 1.29 is 0 Å². The Kier molecular flexibility index (Phi) is 18.3. The van der Waals surface area contributed by atoms with Crippen molar-refractivity contribution in [1.82, 2.24) is 0 Å². The summed E-state index contributed by atoms with van der Waals surface area (Å²) in [6.45, 7) is 26.6. The van der Waals surface area contributed by atoms with Crippen LogP contribution in [0, 0.1) is 18.8 Å². The first-order chi connectivity index (χ1) is 22.2. The summed E-state index contributed by atoms with van der Waals surface area (Å²) in [5, 5.41) is 1.38. The van der Waals surface area contributed by atoms with E-state index in [1.54, 1.807) is 22.5 Å². The zero-order valence-corrected chi connectivity index (χ0v) is 34.2. The van der Waals surface area contributed by atoms with Crippen LogP contribution in [-0.4, -0.2) is 0 Å². The summed E-state index contributed by atoms with van der Waals surface area (Å²) in [4.78, 5) is 5.75. The number of rotatable bonds is 5. The maximum absolute atomic E-state index is 5.72. The van der Waals surface area contributed by atoms with Gasteiger partial charge in [-0.3, -0.25) is 0 Å². The minimum Gasteiger partial charge on any atom is -0.145 e. The standard InChI is InChI=1S/C11H12S.C9H14.C8H12S.C8H12.C7H9ClS/c1-8(2)11-7-9-5-3-4-6-10(9)12-11;1-7(2)9-5-4-8(3)6-9;1-6(2)8-5-4-7(3)9-8;1-7(2)8-5-3-4-6-8;1-5(2)6-3-4-7(8)9-6/h3-8H,1-2H3;4,6-7H,5H2,1-3H3;4-6H,1-3H3;3-5,7H,6H2,1-2H3;3-5H,1-2H3. The number of benzene rings is 1. The highest BCUT2D eigenvalue weighted by molar-refractivity contribution is 7.19. The molecule has 0 spiro atoms. The van der Waals surface area contributed by atoms with Crippen LogP contribution in [0.1, 0.15) is 126 Å². The molecule has 4 heteroatoms. The number of halogens is 1. The number of aryl methyl sites for hydroxylation is 1. The molecule has 256 valence electrons. The molecule has 0 nitrogen and oxygen atoms in total.